The summed E-state index contributed by atoms with van der Waals surface area (Å²) in [6.45, 7) is 0. The van der Waals surface area contributed by atoms with Crippen LogP contribution in [-0.4, -0.2) is 0 Å². The van der Waals surface area contributed by atoms with Gasteiger partial charge in [-0.2, -0.15) is 0 Å². The molecule has 44 heavy (non-hydrogen) atoms. The minimum atomic E-state index is 0.868. The molecule has 0 bridgehead atoms. The van der Waals surface area contributed by atoms with Gasteiger partial charge in [0, 0.05) is 32.7 Å². The first-order chi connectivity index (χ1) is 21.8. The SMILES string of the molecule is c1ccc2c(-c3c4ccccc4c(-c4cccc5c4oc4ccc6oc7ccccc7c6c45)c4ccccc34)cccc2c1. The van der Waals surface area contributed by atoms with Gasteiger partial charge in [0.1, 0.15) is 22.3 Å². The fraction of sp³-hybridized carbons (Fsp3) is 0. The third-order valence-electron chi connectivity index (χ3n) is 9.26. The minimum Gasteiger partial charge on any atom is -0.456 e. The molecule has 2 aromatic heterocycles. The van der Waals surface area contributed by atoms with Crippen LogP contribution in [0.25, 0.3) is 98.4 Å². The van der Waals surface area contributed by atoms with E-state index >= 15 is 0 Å². The molecule has 2 heteroatoms. The van der Waals surface area contributed by atoms with Gasteiger partial charge >= 0.3 is 0 Å². The summed E-state index contributed by atoms with van der Waals surface area (Å²) in [5, 5.41) is 11.8. The summed E-state index contributed by atoms with van der Waals surface area (Å²) in [5.74, 6) is 0. The van der Waals surface area contributed by atoms with E-state index in [1.54, 1.807) is 0 Å². The Morgan fingerprint density at radius 3 is 1.50 bits per heavy atom. The average Bonchev–Trinajstić information content (AvgIpc) is 3.65. The van der Waals surface area contributed by atoms with E-state index in [-0.39, 0.29) is 0 Å². The van der Waals surface area contributed by atoms with Gasteiger partial charge in [-0.15, -0.1) is 0 Å². The molecule has 10 rings (SSSR count). The van der Waals surface area contributed by atoms with Gasteiger partial charge in [0.25, 0.3) is 0 Å². The first-order valence-electron chi connectivity index (χ1n) is 15.0. The maximum atomic E-state index is 6.79. The van der Waals surface area contributed by atoms with Crippen LogP contribution in [0.4, 0.5) is 0 Å². The number of furan rings is 2. The Balaban J connectivity index is 1.36. The van der Waals surface area contributed by atoms with E-state index in [0.29, 0.717) is 0 Å². The predicted molar refractivity (Wildman–Crippen MR) is 184 cm³/mol. The van der Waals surface area contributed by atoms with Crippen molar-refractivity contribution >= 4 is 76.2 Å². The molecule has 0 aliphatic rings. The molecule has 0 aliphatic carbocycles. The molecule has 0 N–H and O–H groups in total. The van der Waals surface area contributed by atoms with Crippen LogP contribution in [0.2, 0.25) is 0 Å². The molecule has 0 amide bonds. The molecule has 0 saturated heterocycles. The Morgan fingerprint density at radius 2 is 0.773 bits per heavy atom. The monoisotopic (exact) mass is 560 g/mol. The third kappa shape index (κ3) is 3.14. The zero-order valence-electron chi connectivity index (χ0n) is 23.7. The number of fused-ring (bicyclic) bond motifs is 10. The molecule has 0 radical (unpaired) electrons. The lowest BCUT2D eigenvalue weighted by Gasteiger charge is -2.18. The van der Waals surface area contributed by atoms with Crippen LogP contribution >= 0.6 is 0 Å². The summed E-state index contributed by atoms with van der Waals surface area (Å²) < 4.78 is 13.0. The van der Waals surface area contributed by atoms with Gasteiger partial charge in [-0.3, -0.25) is 0 Å². The Morgan fingerprint density at radius 1 is 0.295 bits per heavy atom. The van der Waals surface area contributed by atoms with Gasteiger partial charge < -0.3 is 8.83 Å². The molecule has 2 heterocycles. The molecular formula is C42H24O2. The van der Waals surface area contributed by atoms with Gasteiger partial charge in [0.15, 0.2) is 0 Å². The van der Waals surface area contributed by atoms with Gasteiger partial charge in [0.2, 0.25) is 0 Å². The Kier molecular flexibility index (Phi) is 4.75. The van der Waals surface area contributed by atoms with E-state index in [1.165, 1.54) is 49.0 Å². The minimum absolute atomic E-state index is 0.868. The molecule has 0 fully saturated rings. The van der Waals surface area contributed by atoms with Crippen molar-refractivity contribution in [3.8, 4) is 22.3 Å². The first kappa shape index (κ1) is 23.7. The molecule has 2 nitrogen and oxygen atoms in total. The third-order valence-corrected chi connectivity index (χ3v) is 9.26. The quantitative estimate of drug-likeness (QED) is 0.197. The van der Waals surface area contributed by atoms with Gasteiger partial charge in [-0.05, 0) is 61.6 Å². The number of rotatable bonds is 2. The van der Waals surface area contributed by atoms with Crippen molar-refractivity contribution in [1.29, 1.82) is 0 Å². The van der Waals surface area contributed by atoms with Crippen molar-refractivity contribution in [2.45, 2.75) is 0 Å². The van der Waals surface area contributed by atoms with Crippen LogP contribution < -0.4 is 0 Å². The highest BCUT2D eigenvalue weighted by atomic mass is 16.3. The topological polar surface area (TPSA) is 26.3 Å². The molecule has 204 valence electrons. The largest absolute Gasteiger partial charge is 0.456 e. The van der Waals surface area contributed by atoms with Gasteiger partial charge in [0.05, 0.1) is 0 Å². The summed E-state index contributed by atoms with van der Waals surface area (Å²) in [4.78, 5) is 0. The zero-order valence-corrected chi connectivity index (χ0v) is 23.7. The maximum Gasteiger partial charge on any atom is 0.143 e. The van der Waals surface area contributed by atoms with E-state index in [4.69, 9.17) is 8.83 Å². The van der Waals surface area contributed by atoms with Crippen molar-refractivity contribution in [2.24, 2.45) is 0 Å². The smallest absolute Gasteiger partial charge is 0.143 e. The normalized spacial score (nSPS) is 12.1. The fourth-order valence-electron chi connectivity index (χ4n) is 7.45. The van der Waals surface area contributed by atoms with Crippen LogP contribution in [0.3, 0.4) is 0 Å². The van der Waals surface area contributed by atoms with E-state index in [9.17, 15) is 0 Å². The van der Waals surface area contributed by atoms with Crippen LogP contribution in [-0.2, 0) is 0 Å². The van der Waals surface area contributed by atoms with Gasteiger partial charge in [-0.1, -0.05) is 127 Å². The van der Waals surface area contributed by atoms with Crippen molar-refractivity contribution < 1.29 is 8.83 Å². The van der Waals surface area contributed by atoms with E-state index in [0.717, 1.165) is 49.4 Å². The molecule has 0 atom stereocenters. The highest BCUT2D eigenvalue weighted by Gasteiger charge is 2.22. The van der Waals surface area contributed by atoms with Crippen LogP contribution in [0.15, 0.2) is 154 Å². The average molecular weight is 561 g/mol. The van der Waals surface area contributed by atoms with Crippen molar-refractivity contribution in [1.82, 2.24) is 0 Å². The Bertz CT molecular complexity index is 2710. The summed E-state index contributed by atoms with van der Waals surface area (Å²) in [7, 11) is 0. The fourth-order valence-corrected chi connectivity index (χ4v) is 7.45. The molecular weight excluding hydrogens is 536 g/mol. The number of para-hydroxylation sites is 2. The lowest BCUT2D eigenvalue weighted by molar-refractivity contribution is 0.663. The second-order valence-corrected chi connectivity index (χ2v) is 11.6. The van der Waals surface area contributed by atoms with E-state index in [1.807, 2.05) is 24.3 Å². The Hall–Kier alpha value is -5.86. The maximum absolute atomic E-state index is 6.79. The zero-order chi connectivity index (χ0) is 28.8. The second-order valence-electron chi connectivity index (χ2n) is 11.6. The van der Waals surface area contributed by atoms with Crippen molar-refractivity contribution in [2.75, 3.05) is 0 Å². The van der Waals surface area contributed by atoms with Crippen LogP contribution in [0.5, 0.6) is 0 Å². The number of hydrogen-bond acceptors (Lipinski definition) is 2. The highest BCUT2D eigenvalue weighted by Crippen LogP contribution is 2.48. The van der Waals surface area contributed by atoms with Crippen LogP contribution in [0, 0.1) is 0 Å². The summed E-state index contributed by atoms with van der Waals surface area (Å²) in [5.41, 5.74) is 8.33. The van der Waals surface area contributed by atoms with Crippen LogP contribution in [0.1, 0.15) is 0 Å². The lowest BCUT2D eigenvalue weighted by Crippen LogP contribution is -1.91. The summed E-state index contributed by atoms with van der Waals surface area (Å²) in [6, 6.07) is 51.8. The standard InChI is InChI=1S/C42H24O2/c1-2-13-26-25(11-1)12-9-19-27(26)38-28-14-3-5-16-30(28)39(31-17-6-4-15-29(31)38)33-20-10-21-34-41-37(44-42(33)34)24-23-36-40(41)32-18-7-8-22-35(32)43-36/h1-24H. The summed E-state index contributed by atoms with van der Waals surface area (Å²) >= 11 is 0. The van der Waals surface area contributed by atoms with E-state index in [2.05, 4.69) is 121 Å². The molecule has 0 saturated carbocycles. The van der Waals surface area contributed by atoms with Gasteiger partial charge in [-0.25, -0.2) is 0 Å². The number of hydrogen-bond donors (Lipinski definition) is 0. The predicted octanol–water partition coefficient (Wildman–Crippen LogP) is 12.3. The molecule has 0 unspecified atom stereocenters. The highest BCUT2D eigenvalue weighted by molar-refractivity contribution is 6.29. The van der Waals surface area contributed by atoms with Crippen molar-refractivity contribution in [3.63, 3.8) is 0 Å². The Labute approximate surface area is 252 Å². The molecule has 8 aromatic carbocycles. The molecule has 0 aliphatic heterocycles. The number of benzene rings is 8. The first-order valence-corrected chi connectivity index (χ1v) is 15.0. The van der Waals surface area contributed by atoms with E-state index < -0.39 is 0 Å². The summed E-state index contributed by atoms with van der Waals surface area (Å²) in [6.07, 6.45) is 0. The second kappa shape index (κ2) is 8.82. The lowest BCUT2D eigenvalue weighted by atomic mass is 9.84. The van der Waals surface area contributed by atoms with Crippen molar-refractivity contribution in [3.05, 3.63) is 146 Å². The molecule has 10 aromatic rings. The molecule has 0 spiro atoms.